The molecule has 102 valence electrons. The molecule has 1 aliphatic rings. The predicted octanol–water partition coefficient (Wildman–Crippen LogP) is 2.49. The van der Waals surface area contributed by atoms with E-state index < -0.39 is 0 Å². The third-order valence-electron chi connectivity index (χ3n) is 4.37. The minimum atomic E-state index is 0.563. The van der Waals surface area contributed by atoms with Crippen molar-refractivity contribution in [2.45, 2.75) is 31.8 Å². The number of aromatic nitrogens is 1. The van der Waals surface area contributed by atoms with Gasteiger partial charge in [0.25, 0.3) is 0 Å². The first-order valence-electron chi connectivity index (χ1n) is 7.26. The molecule has 0 bridgehead atoms. The molecule has 2 N–H and O–H groups in total. The van der Waals surface area contributed by atoms with Crippen molar-refractivity contribution >= 4 is 10.9 Å². The van der Waals surface area contributed by atoms with Crippen molar-refractivity contribution in [3.8, 4) is 0 Å². The van der Waals surface area contributed by atoms with E-state index in [9.17, 15) is 0 Å². The van der Waals surface area contributed by atoms with Gasteiger partial charge in [0.15, 0.2) is 0 Å². The normalized spacial score (nSPS) is 21.1. The highest BCUT2D eigenvalue weighted by atomic mass is 15.2. The average Bonchev–Trinajstić information content (AvgIpc) is 2.77. The van der Waals surface area contributed by atoms with Gasteiger partial charge in [-0.3, -0.25) is 4.90 Å². The van der Waals surface area contributed by atoms with Crippen LogP contribution in [0.4, 0.5) is 0 Å². The second kappa shape index (κ2) is 5.35. The molecular formula is C16H23N3. The first-order chi connectivity index (χ1) is 9.29. The van der Waals surface area contributed by atoms with Gasteiger partial charge >= 0.3 is 0 Å². The third kappa shape index (κ3) is 2.40. The van der Waals surface area contributed by atoms with Crippen molar-refractivity contribution in [2.24, 2.45) is 12.8 Å². The topological polar surface area (TPSA) is 34.2 Å². The van der Waals surface area contributed by atoms with E-state index in [0.29, 0.717) is 6.04 Å². The number of piperidine rings is 1. The quantitative estimate of drug-likeness (QED) is 0.916. The molecule has 1 aromatic heterocycles. The molecule has 1 saturated heterocycles. The Balaban J connectivity index is 1.88. The number of fused-ring (bicyclic) bond motifs is 1. The molecule has 0 radical (unpaired) electrons. The monoisotopic (exact) mass is 257 g/mol. The van der Waals surface area contributed by atoms with Crippen LogP contribution in [-0.4, -0.2) is 28.6 Å². The van der Waals surface area contributed by atoms with Crippen LogP contribution in [-0.2, 0) is 13.6 Å². The van der Waals surface area contributed by atoms with Gasteiger partial charge in [-0.1, -0.05) is 24.6 Å². The van der Waals surface area contributed by atoms with Gasteiger partial charge in [0.05, 0.1) is 0 Å². The molecule has 3 rings (SSSR count). The van der Waals surface area contributed by atoms with Crippen molar-refractivity contribution in [2.75, 3.05) is 13.1 Å². The zero-order chi connectivity index (χ0) is 13.2. The molecule has 1 aromatic carbocycles. The highest BCUT2D eigenvalue weighted by Gasteiger charge is 2.22. The number of nitrogens with zero attached hydrogens (tertiary/aromatic N) is 2. The van der Waals surface area contributed by atoms with Crippen molar-refractivity contribution in [1.82, 2.24) is 9.47 Å². The van der Waals surface area contributed by atoms with E-state index in [1.54, 1.807) is 0 Å². The number of benzene rings is 1. The molecule has 3 heteroatoms. The fraction of sp³-hybridized carbons (Fsp3) is 0.500. The Morgan fingerprint density at radius 2 is 2.11 bits per heavy atom. The zero-order valence-electron chi connectivity index (χ0n) is 11.7. The lowest BCUT2D eigenvalue weighted by molar-refractivity contribution is 0.145. The molecule has 1 aliphatic heterocycles. The summed E-state index contributed by atoms with van der Waals surface area (Å²) >= 11 is 0. The standard InChI is InChI=1S/C16H23N3/c1-18-11-13(15-7-2-3-8-16(15)18)12-19-9-5-4-6-14(19)10-17/h2-3,7-8,11,14H,4-6,9-10,12,17H2,1H3. The SMILES string of the molecule is Cn1cc(CN2CCCCC2CN)c2ccccc21. The number of hydrogen-bond acceptors (Lipinski definition) is 2. The van der Waals surface area contributed by atoms with Crippen molar-refractivity contribution in [3.63, 3.8) is 0 Å². The van der Waals surface area contributed by atoms with Crippen LogP contribution in [0.5, 0.6) is 0 Å². The van der Waals surface area contributed by atoms with Crippen LogP contribution in [0, 0.1) is 0 Å². The highest BCUT2D eigenvalue weighted by molar-refractivity contribution is 5.83. The Kier molecular flexibility index (Phi) is 3.58. The van der Waals surface area contributed by atoms with Crippen molar-refractivity contribution < 1.29 is 0 Å². The molecule has 0 aliphatic carbocycles. The Bertz CT molecular complexity index is 558. The molecular weight excluding hydrogens is 234 g/mol. The van der Waals surface area contributed by atoms with E-state index in [1.165, 1.54) is 42.3 Å². The van der Waals surface area contributed by atoms with Crippen LogP contribution < -0.4 is 5.73 Å². The Labute approximate surface area is 115 Å². The maximum Gasteiger partial charge on any atom is 0.0481 e. The first-order valence-corrected chi connectivity index (χ1v) is 7.26. The number of hydrogen-bond donors (Lipinski definition) is 1. The second-order valence-corrected chi connectivity index (χ2v) is 5.64. The maximum atomic E-state index is 5.92. The summed E-state index contributed by atoms with van der Waals surface area (Å²) in [5, 5.41) is 1.38. The number of nitrogens with two attached hydrogens (primary N) is 1. The van der Waals surface area contributed by atoms with Gasteiger partial charge in [0, 0.05) is 43.3 Å². The zero-order valence-corrected chi connectivity index (χ0v) is 11.7. The van der Waals surface area contributed by atoms with Crippen LogP contribution in [0.3, 0.4) is 0 Å². The second-order valence-electron chi connectivity index (χ2n) is 5.64. The van der Waals surface area contributed by atoms with E-state index in [4.69, 9.17) is 5.73 Å². The minimum Gasteiger partial charge on any atom is -0.350 e. The van der Waals surface area contributed by atoms with Crippen LogP contribution in [0.15, 0.2) is 30.5 Å². The number of para-hydroxylation sites is 1. The van der Waals surface area contributed by atoms with Gasteiger partial charge in [-0.15, -0.1) is 0 Å². The Morgan fingerprint density at radius 3 is 2.95 bits per heavy atom. The van der Waals surface area contributed by atoms with E-state index in [1.807, 2.05) is 0 Å². The summed E-state index contributed by atoms with van der Waals surface area (Å²) in [5.74, 6) is 0. The van der Waals surface area contributed by atoms with E-state index in [0.717, 1.165) is 13.1 Å². The lowest BCUT2D eigenvalue weighted by atomic mass is 10.0. The van der Waals surface area contributed by atoms with Gasteiger partial charge in [0.1, 0.15) is 0 Å². The lowest BCUT2D eigenvalue weighted by Gasteiger charge is -2.34. The van der Waals surface area contributed by atoms with Crippen LogP contribution in [0.1, 0.15) is 24.8 Å². The molecule has 0 saturated carbocycles. The number of likely N-dealkylation sites (tertiary alicyclic amines) is 1. The van der Waals surface area contributed by atoms with Crippen LogP contribution in [0.2, 0.25) is 0 Å². The summed E-state index contributed by atoms with van der Waals surface area (Å²) in [7, 11) is 2.13. The van der Waals surface area contributed by atoms with E-state index in [2.05, 4.69) is 47.0 Å². The smallest absolute Gasteiger partial charge is 0.0481 e. The predicted molar refractivity (Wildman–Crippen MR) is 80.0 cm³/mol. The molecule has 1 unspecified atom stereocenters. The average molecular weight is 257 g/mol. The highest BCUT2D eigenvalue weighted by Crippen LogP contribution is 2.25. The van der Waals surface area contributed by atoms with Gasteiger partial charge in [-0.05, 0) is 31.0 Å². The molecule has 2 aromatic rings. The largest absolute Gasteiger partial charge is 0.350 e. The summed E-state index contributed by atoms with van der Waals surface area (Å²) in [6, 6.07) is 9.22. The first kappa shape index (κ1) is 12.7. The summed E-state index contributed by atoms with van der Waals surface area (Å²) in [4.78, 5) is 2.56. The summed E-state index contributed by atoms with van der Waals surface area (Å²) in [6.45, 7) is 3.00. The Hall–Kier alpha value is -1.32. The van der Waals surface area contributed by atoms with Gasteiger partial charge < -0.3 is 10.3 Å². The fourth-order valence-electron chi connectivity index (χ4n) is 3.31. The molecule has 19 heavy (non-hydrogen) atoms. The van der Waals surface area contributed by atoms with Gasteiger partial charge in [-0.25, -0.2) is 0 Å². The molecule has 3 nitrogen and oxygen atoms in total. The fourth-order valence-corrected chi connectivity index (χ4v) is 3.31. The van der Waals surface area contributed by atoms with Crippen molar-refractivity contribution in [1.29, 1.82) is 0 Å². The molecule has 0 spiro atoms. The molecule has 2 heterocycles. The van der Waals surface area contributed by atoms with E-state index in [-0.39, 0.29) is 0 Å². The van der Waals surface area contributed by atoms with Crippen LogP contribution in [0.25, 0.3) is 10.9 Å². The molecule has 1 fully saturated rings. The van der Waals surface area contributed by atoms with Gasteiger partial charge in [0.2, 0.25) is 0 Å². The lowest BCUT2D eigenvalue weighted by Crippen LogP contribution is -2.43. The van der Waals surface area contributed by atoms with Gasteiger partial charge in [-0.2, -0.15) is 0 Å². The van der Waals surface area contributed by atoms with E-state index >= 15 is 0 Å². The Morgan fingerprint density at radius 1 is 1.26 bits per heavy atom. The van der Waals surface area contributed by atoms with Crippen LogP contribution >= 0.6 is 0 Å². The summed E-state index contributed by atoms with van der Waals surface area (Å²) < 4.78 is 2.23. The molecule has 1 atom stereocenters. The summed E-state index contributed by atoms with van der Waals surface area (Å²) in [6.07, 6.45) is 6.16. The maximum absolute atomic E-state index is 5.92. The molecule has 0 amide bonds. The minimum absolute atomic E-state index is 0.563. The summed E-state index contributed by atoms with van der Waals surface area (Å²) in [5.41, 5.74) is 8.67. The number of rotatable bonds is 3. The third-order valence-corrected chi connectivity index (χ3v) is 4.37. The van der Waals surface area contributed by atoms with Crippen molar-refractivity contribution in [3.05, 3.63) is 36.0 Å². The number of aryl methyl sites for hydroxylation is 1.